The van der Waals surface area contributed by atoms with Crippen molar-refractivity contribution in [2.24, 2.45) is 23.7 Å². The Morgan fingerprint density at radius 3 is 2.12 bits per heavy atom. The minimum atomic E-state index is -0.0741. The van der Waals surface area contributed by atoms with Gasteiger partial charge in [0.1, 0.15) is 0 Å². The Morgan fingerprint density at radius 2 is 1.75 bits per heavy atom. The van der Waals surface area contributed by atoms with Crippen molar-refractivity contribution in [2.75, 3.05) is 0 Å². The fourth-order valence-corrected chi connectivity index (χ4v) is 2.22. The lowest BCUT2D eigenvalue weighted by Crippen LogP contribution is -2.19. The third-order valence-corrected chi connectivity index (χ3v) is 2.87. The summed E-state index contributed by atoms with van der Waals surface area (Å²) in [6.45, 7) is 0. The van der Waals surface area contributed by atoms with E-state index in [1.165, 1.54) is 0 Å². The highest BCUT2D eigenvalue weighted by Gasteiger charge is 2.75. The minimum absolute atomic E-state index is 0.0741. The number of hydrogen-bond donors (Lipinski definition) is 1. The normalized spacial score (nSPS) is 71.9. The van der Waals surface area contributed by atoms with Crippen LogP contribution in [0.25, 0.3) is 0 Å². The quantitative estimate of drug-likeness (QED) is 0.445. The highest BCUT2D eigenvalue weighted by atomic mass is 16.3. The van der Waals surface area contributed by atoms with Crippen LogP contribution in [-0.4, -0.2) is 11.2 Å². The van der Waals surface area contributed by atoms with Gasteiger partial charge in [-0.2, -0.15) is 0 Å². The second-order valence-electron chi connectivity index (χ2n) is 3.18. The lowest BCUT2D eigenvalue weighted by atomic mass is 9.93. The van der Waals surface area contributed by atoms with Crippen LogP contribution < -0.4 is 0 Å². The van der Waals surface area contributed by atoms with E-state index in [-0.39, 0.29) is 6.10 Å². The zero-order chi connectivity index (χ0) is 5.30. The summed E-state index contributed by atoms with van der Waals surface area (Å²) in [5, 5.41) is 9.15. The van der Waals surface area contributed by atoms with E-state index in [4.69, 9.17) is 5.11 Å². The van der Waals surface area contributed by atoms with Crippen molar-refractivity contribution in [2.45, 2.75) is 6.10 Å². The van der Waals surface area contributed by atoms with E-state index in [0.29, 0.717) is 5.92 Å². The van der Waals surface area contributed by atoms with Gasteiger partial charge in [0.15, 0.2) is 0 Å². The van der Waals surface area contributed by atoms with E-state index in [9.17, 15) is 0 Å². The summed E-state index contributed by atoms with van der Waals surface area (Å²) < 4.78 is 0. The van der Waals surface area contributed by atoms with Crippen LogP contribution in [0.15, 0.2) is 12.2 Å². The van der Waals surface area contributed by atoms with Gasteiger partial charge < -0.3 is 5.11 Å². The van der Waals surface area contributed by atoms with Crippen molar-refractivity contribution in [1.29, 1.82) is 0 Å². The lowest BCUT2D eigenvalue weighted by molar-refractivity contribution is 0.157. The first-order valence-electron chi connectivity index (χ1n) is 3.26. The second kappa shape index (κ2) is 0.781. The molecule has 2 bridgehead atoms. The van der Waals surface area contributed by atoms with E-state index in [0.717, 1.165) is 17.8 Å². The third kappa shape index (κ3) is 0.206. The largest absolute Gasteiger partial charge is 0.389 e. The first-order valence-corrected chi connectivity index (χ1v) is 3.26. The highest BCUT2D eigenvalue weighted by Crippen LogP contribution is 2.76. The molecule has 0 radical (unpaired) electrons. The summed E-state index contributed by atoms with van der Waals surface area (Å²) in [6, 6.07) is 0. The van der Waals surface area contributed by atoms with Crippen LogP contribution in [0, 0.1) is 23.7 Å². The average Bonchev–Trinajstić information content (AvgIpc) is 2.48. The SMILES string of the molecule is OC1C=CC2C3C1C23. The molecular formula is C7H8O. The Morgan fingerprint density at radius 1 is 1.00 bits per heavy atom. The van der Waals surface area contributed by atoms with E-state index in [2.05, 4.69) is 6.08 Å². The zero-order valence-electron chi connectivity index (χ0n) is 4.49. The molecule has 3 atom stereocenters. The molecule has 0 spiro atoms. The number of fused-ring (bicyclic) bond motifs is 1. The number of allylic oxidation sites excluding steroid dienone is 1. The summed E-state index contributed by atoms with van der Waals surface area (Å²) in [5.74, 6) is 3.46. The molecule has 1 heteroatoms. The first-order chi connectivity index (χ1) is 3.89. The van der Waals surface area contributed by atoms with Gasteiger partial charge in [-0.15, -0.1) is 0 Å². The predicted octanol–water partition coefficient (Wildman–Crippen LogP) is 0.409. The molecule has 0 saturated heterocycles. The third-order valence-electron chi connectivity index (χ3n) is 2.87. The van der Waals surface area contributed by atoms with Crippen molar-refractivity contribution >= 4 is 0 Å². The maximum Gasteiger partial charge on any atom is 0.0755 e. The molecule has 4 aliphatic rings. The number of rotatable bonds is 0. The van der Waals surface area contributed by atoms with E-state index in [1.54, 1.807) is 0 Å². The van der Waals surface area contributed by atoms with Gasteiger partial charge in [0.2, 0.25) is 0 Å². The smallest absolute Gasteiger partial charge is 0.0755 e. The minimum Gasteiger partial charge on any atom is -0.389 e. The molecule has 3 unspecified atom stereocenters. The molecule has 0 aromatic carbocycles. The highest BCUT2D eigenvalue weighted by molar-refractivity contribution is 5.33. The number of aliphatic hydroxyl groups is 1. The molecule has 0 aromatic rings. The van der Waals surface area contributed by atoms with Crippen molar-refractivity contribution in [1.82, 2.24) is 0 Å². The van der Waals surface area contributed by atoms with Crippen LogP contribution in [0.4, 0.5) is 0 Å². The summed E-state index contributed by atoms with van der Waals surface area (Å²) in [6.07, 6.45) is 4.06. The van der Waals surface area contributed by atoms with E-state index >= 15 is 0 Å². The van der Waals surface area contributed by atoms with Crippen molar-refractivity contribution < 1.29 is 5.11 Å². The van der Waals surface area contributed by atoms with Gasteiger partial charge in [0.05, 0.1) is 6.10 Å². The Bertz CT molecular complexity index is 163. The molecule has 4 aliphatic carbocycles. The van der Waals surface area contributed by atoms with Crippen molar-refractivity contribution in [3.8, 4) is 0 Å². The zero-order valence-corrected chi connectivity index (χ0v) is 4.49. The summed E-state index contributed by atoms with van der Waals surface area (Å²) in [7, 11) is 0. The topological polar surface area (TPSA) is 20.2 Å². The fraction of sp³-hybridized carbons (Fsp3) is 0.714. The molecule has 2 fully saturated rings. The second-order valence-corrected chi connectivity index (χ2v) is 3.18. The van der Waals surface area contributed by atoms with Gasteiger partial charge in [-0.3, -0.25) is 0 Å². The molecule has 1 N–H and O–H groups in total. The maximum atomic E-state index is 9.15. The van der Waals surface area contributed by atoms with Gasteiger partial charge in [0.25, 0.3) is 0 Å². The van der Waals surface area contributed by atoms with E-state index in [1.807, 2.05) is 6.08 Å². The molecule has 4 rings (SSSR count). The van der Waals surface area contributed by atoms with Gasteiger partial charge in [-0.05, 0) is 23.7 Å². The van der Waals surface area contributed by atoms with Crippen LogP contribution in [0.1, 0.15) is 0 Å². The Labute approximate surface area is 48.0 Å². The molecule has 0 aromatic heterocycles. The van der Waals surface area contributed by atoms with Crippen molar-refractivity contribution in [3.63, 3.8) is 0 Å². The maximum absolute atomic E-state index is 9.15. The standard InChI is InChI=1S/C7H8O/c8-4-2-1-3-5-6(3)7(4)5/h1-8H. The monoisotopic (exact) mass is 108 g/mol. The molecule has 42 valence electrons. The Balaban J connectivity index is 2.05. The average molecular weight is 108 g/mol. The van der Waals surface area contributed by atoms with Gasteiger partial charge in [0, 0.05) is 0 Å². The van der Waals surface area contributed by atoms with Crippen LogP contribution in [0.5, 0.6) is 0 Å². The predicted molar refractivity (Wildman–Crippen MR) is 29.1 cm³/mol. The van der Waals surface area contributed by atoms with Crippen LogP contribution >= 0.6 is 0 Å². The van der Waals surface area contributed by atoms with Crippen LogP contribution in [0.3, 0.4) is 0 Å². The molecule has 1 nitrogen and oxygen atoms in total. The van der Waals surface area contributed by atoms with Crippen LogP contribution in [0.2, 0.25) is 0 Å². The van der Waals surface area contributed by atoms with Crippen molar-refractivity contribution in [3.05, 3.63) is 12.2 Å². The summed E-state index contributed by atoms with van der Waals surface area (Å²) in [5.41, 5.74) is 0. The van der Waals surface area contributed by atoms with Gasteiger partial charge >= 0.3 is 0 Å². The summed E-state index contributed by atoms with van der Waals surface area (Å²) in [4.78, 5) is 0. The summed E-state index contributed by atoms with van der Waals surface area (Å²) >= 11 is 0. The van der Waals surface area contributed by atoms with Gasteiger partial charge in [-0.25, -0.2) is 0 Å². The van der Waals surface area contributed by atoms with E-state index < -0.39 is 0 Å². The lowest BCUT2D eigenvalue weighted by Gasteiger charge is -2.17. The molecule has 0 heterocycles. The fourth-order valence-electron chi connectivity index (χ4n) is 2.22. The molecule has 2 saturated carbocycles. The van der Waals surface area contributed by atoms with Crippen LogP contribution in [-0.2, 0) is 0 Å². The number of aliphatic hydroxyl groups excluding tert-OH is 1. The molecule has 0 amide bonds. The molecule has 8 heavy (non-hydrogen) atoms. The first kappa shape index (κ1) is 3.67. The Kier molecular flexibility index (Phi) is 0.358. The van der Waals surface area contributed by atoms with Gasteiger partial charge in [-0.1, -0.05) is 12.2 Å². The number of hydrogen-bond acceptors (Lipinski definition) is 1. The Hall–Kier alpha value is -0.300. The molecular weight excluding hydrogens is 100 g/mol. The molecule has 0 aliphatic heterocycles.